The molecule has 0 fully saturated rings. The van der Waals surface area contributed by atoms with Gasteiger partial charge in [-0.3, -0.25) is 0 Å². The van der Waals surface area contributed by atoms with Crippen LogP contribution in [-0.4, -0.2) is 35.1 Å². The number of nitrogens with two attached hydrogens (primary N) is 1. The third kappa shape index (κ3) is 3.18. The second kappa shape index (κ2) is 6.00. The Morgan fingerprint density at radius 1 is 1.35 bits per heavy atom. The lowest BCUT2D eigenvalue weighted by Crippen LogP contribution is -2.31. The second-order valence-corrected chi connectivity index (χ2v) is 5.40. The highest BCUT2D eigenvalue weighted by atomic mass is 32.2. The molecule has 3 N–H and O–H groups in total. The van der Waals surface area contributed by atoms with Gasteiger partial charge in [0, 0.05) is 19.6 Å². The minimum atomic E-state index is -3.43. The summed E-state index contributed by atoms with van der Waals surface area (Å²) in [5.74, 6) is 0. The first-order valence-electron chi connectivity index (χ1n) is 5.54. The molecule has 0 amide bonds. The normalized spacial score (nSPS) is 11.5. The van der Waals surface area contributed by atoms with Crippen LogP contribution < -0.4 is 15.4 Å². The first-order valence-corrected chi connectivity index (χ1v) is 7.02. The number of rotatable bonds is 6. The van der Waals surface area contributed by atoms with Crippen molar-refractivity contribution in [3.8, 4) is 0 Å². The third-order valence-electron chi connectivity index (χ3n) is 2.54. The van der Waals surface area contributed by atoms with Crippen molar-refractivity contribution in [2.75, 3.05) is 31.6 Å². The molecule has 6 heteroatoms. The Morgan fingerprint density at radius 2 is 2.00 bits per heavy atom. The molecule has 96 valence electrons. The van der Waals surface area contributed by atoms with Crippen molar-refractivity contribution < 1.29 is 8.42 Å². The van der Waals surface area contributed by atoms with E-state index in [1.165, 1.54) is 7.05 Å². The number of nitrogens with zero attached hydrogens (tertiary/aromatic N) is 1. The summed E-state index contributed by atoms with van der Waals surface area (Å²) in [6, 6.07) is 6.93. The molecule has 0 heterocycles. The summed E-state index contributed by atoms with van der Waals surface area (Å²) < 4.78 is 26.1. The molecule has 5 nitrogen and oxygen atoms in total. The van der Waals surface area contributed by atoms with Crippen molar-refractivity contribution in [3.05, 3.63) is 24.3 Å². The van der Waals surface area contributed by atoms with Crippen LogP contribution in [0.3, 0.4) is 0 Å². The number of benzene rings is 1. The fraction of sp³-hybridized carbons (Fsp3) is 0.455. The maximum absolute atomic E-state index is 11.9. The number of hydrogen-bond donors (Lipinski definition) is 2. The molecule has 0 aliphatic rings. The van der Waals surface area contributed by atoms with Gasteiger partial charge in [0.1, 0.15) is 4.90 Å². The molecule has 0 atom stereocenters. The molecule has 1 rings (SSSR count). The molecule has 1 aromatic rings. The molecule has 17 heavy (non-hydrogen) atoms. The summed E-state index contributed by atoms with van der Waals surface area (Å²) in [5, 5.41) is 0. The van der Waals surface area contributed by atoms with Gasteiger partial charge in [0.25, 0.3) is 0 Å². The van der Waals surface area contributed by atoms with Crippen molar-refractivity contribution in [1.29, 1.82) is 0 Å². The minimum Gasteiger partial charge on any atom is -0.369 e. The third-order valence-corrected chi connectivity index (χ3v) is 4.01. The number of nitrogens with one attached hydrogen (secondary N) is 1. The maximum atomic E-state index is 11.9. The van der Waals surface area contributed by atoms with Gasteiger partial charge in [-0.05, 0) is 26.1 Å². The zero-order valence-electron chi connectivity index (χ0n) is 10.2. The first-order chi connectivity index (χ1) is 8.06. The van der Waals surface area contributed by atoms with Gasteiger partial charge in [-0.15, -0.1) is 0 Å². The summed E-state index contributed by atoms with van der Waals surface area (Å²) in [7, 11) is -2.03. The average Bonchev–Trinajstić information content (AvgIpc) is 2.36. The molecule has 0 aromatic heterocycles. The van der Waals surface area contributed by atoms with Crippen LogP contribution in [-0.2, 0) is 10.0 Å². The Kier molecular flexibility index (Phi) is 4.92. The smallest absolute Gasteiger partial charge is 0.242 e. The van der Waals surface area contributed by atoms with Crippen LogP contribution in [0.2, 0.25) is 0 Å². The molecular formula is C11H19N3O2S. The summed E-state index contributed by atoms with van der Waals surface area (Å²) in [5.41, 5.74) is 6.22. The Bertz CT molecular complexity index is 460. The average molecular weight is 257 g/mol. The van der Waals surface area contributed by atoms with Crippen molar-refractivity contribution in [1.82, 2.24) is 4.72 Å². The Hall–Kier alpha value is -1.11. The number of para-hydroxylation sites is 1. The first kappa shape index (κ1) is 14.0. The van der Waals surface area contributed by atoms with Gasteiger partial charge in [-0.25, -0.2) is 13.1 Å². The minimum absolute atomic E-state index is 0.290. The van der Waals surface area contributed by atoms with Gasteiger partial charge >= 0.3 is 0 Å². The predicted octanol–water partition coefficient (Wildman–Crippen LogP) is 0.380. The summed E-state index contributed by atoms with van der Waals surface area (Å²) in [4.78, 5) is 2.24. The van der Waals surface area contributed by atoms with Crippen molar-refractivity contribution in [3.63, 3.8) is 0 Å². The standard InChI is InChI=1S/C11H19N3O2S/c1-3-14(9-8-12)10-6-4-5-7-11(10)17(15,16)13-2/h4-7,13H,3,8-9,12H2,1-2H3. The molecule has 0 saturated heterocycles. The van der Waals surface area contributed by atoms with Crippen LogP contribution in [0, 0.1) is 0 Å². The summed E-state index contributed by atoms with van der Waals surface area (Å²) >= 11 is 0. The van der Waals surface area contributed by atoms with E-state index in [1.54, 1.807) is 18.2 Å². The molecule has 0 saturated carbocycles. The van der Waals surface area contributed by atoms with E-state index in [1.807, 2.05) is 17.9 Å². The Morgan fingerprint density at radius 3 is 2.53 bits per heavy atom. The number of sulfonamides is 1. The molecule has 1 aromatic carbocycles. The monoisotopic (exact) mass is 257 g/mol. The largest absolute Gasteiger partial charge is 0.369 e. The van der Waals surface area contributed by atoms with Gasteiger partial charge < -0.3 is 10.6 Å². The fourth-order valence-electron chi connectivity index (χ4n) is 1.66. The lowest BCUT2D eigenvalue weighted by molar-refractivity contribution is 0.587. The van der Waals surface area contributed by atoms with E-state index in [9.17, 15) is 8.42 Å². The van der Waals surface area contributed by atoms with E-state index in [4.69, 9.17) is 5.73 Å². The highest BCUT2D eigenvalue weighted by Gasteiger charge is 2.18. The Labute approximate surface area is 103 Å². The topological polar surface area (TPSA) is 75.4 Å². The van der Waals surface area contributed by atoms with Crippen molar-refractivity contribution in [2.24, 2.45) is 5.73 Å². The van der Waals surface area contributed by atoms with Gasteiger partial charge in [0.15, 0.2) is 0 Å². The van der Waals surface area contributed by atoms with Crippen molar-refractivity contribution in [2.45, 2.75) is 11.8 Å². The van der Waals surface area contributed by atoms with E-state index in [0.717, 1.165) is 0 Å². The van der Waals surface area contributed by atoms with Gasteiger partial charge in [0.2, 0.25) is 10.0 Å². The zero-order chi connectivity index (χ0) is 12.9. The molecule has 0 unspecified atom stereocenters. The van der Waals surface area contributed by atoms with Crippen LogP contribution in [0.15, 0.2) is 29.2 Å². The van der Waals surface area contributed by atoms with E-state index in [-0.39, 0.29) is 4.90 Å². The van der Waals surface area contributed by atoms with Crippen LogP contribution in [0.5, 0.6) is 0 Å². The lowest BCUT2D eigenvalue weighted by atomic mass is 10.3. The highest BCUT2D eigenvalue weighted by molar-refractivity contribution is 7.89. The van der Waals surface area contributed by atoms with E-state index in [2.05, 4.69) is 4.72 Å². The molecule has 0 aliphatic heterocycles. The lowest BCUT2D eigenvalue weighted by Gasteiger charge is -2.24. The Balaban J connectivity index is 3.24. The molecule has 0 spiro atoms. The molecule has 0 aliphatic carbocycles. The maximum Gasteiger partial charge on any atom is 0.242 e. The van der Waals surface area contributed by atoms with Gasteiger partial charge in [-0.2, -0.15) is 0 Å². The molecular weight excluding hydrogens is 238 g/mol. The van der Waals surface area contributed by atoms with Gasteiger partial charge in [-0.1, -0.05) is 12.1 Å². The zero-order valence-corrected chi connectivity index (χ0v) is 11.0. The number of hydrogen-bond acceptors (Lipinski definition) is 4. The van der Waals surface area contributed by atoms with E-state index in [0.29, 0.717) is 25.3 Å². The molecule has 0 bridgehead atoms. The van der Waals surface area contributed by atoms with E-state index < -0.39 is 10.0 Å². The summed E-state index contributed by atoms with van der Waals surface area (Å²) in [6.45, 7) is 3.81. The SMILES string of the molecule is CCN(CCN)c1ccccc1S(=O)(=O)NC. The van der Waals surface area contributed by atoms with Crippen LogP contribution in [0.1, 0.15) is 6.92 Å². The van der Waals surface area contributed by atoms with E-state index >= 15 is 0 Å². The van der Waals surface area contributed by atoms with Gasteiger partial charge in [0.05, 0.1) is 5.69 Å². The quantitative estimate of drug-likeness (QED) is 0.772. The predicted molar refractivity (Wildman–Crippen MR) is 69.6 cm³/mol. The van der Waals surface area contributed by atoms with Crippen LogP contribution in [0.4, 0.5) is 5.69 Å². The fourth-order valence-corrected chi connectivity index (χ4v) is 2.61. The van der Waals surface area contributed by atoms with Crippen molar-refractivity contribution >= 4 is 15.7 Å². The second-order valence-electron chi connectivity index (χ2n) is 3.54. The summed E-state index contributed by atoms with van der Waals surface area (Å²) in [6.07, 6.45) is 0. The number of likely N-dealkylation sites (N-methyl/N-ethyl adjacent to an activating group) is 1. The van der Waals surface area contributed by atoms with Crippen LogP contribution in [0.25, 0.3) is 0 Å². The molecule has 0 radical (unpaired) electrons. The highest BCUT2D eigenvalue weighted by Crippen LogP contribution is 2.24. The number of anilines is 1. The van der Waals surface area contributed by atoms with Crippen LogP contribution >= 0.6 is 0 Å².